The predicted octanol–water partition coefficient (Wildman–Crippen LogP) is 4.09. The topological polar surface area (TPSA) is 69.6 Å². The van der Waals surface area contributed by atoms with Gasteiger partial charge in [-0.05, 0) is 48.2 Å². The highest BCUT2D eigenvalue weighted by atomic mass is 16.3. The Labute approximate surface area is 176 Å². The van der Waals surface area contributed by atoms with Gasteiger partial charge >= 0.3 is 0 Å². The van der Waals surface area contributed by atoms with Gasteiger partial charge in [0, 0.05) is 24.7 Å². The highest BCUT2D eigenvalue weighted by Gasteiger charge is 2.25. The van der Waals surface area contributed by atoms with Gasteiger partial charge in [-0.2, -0.15) is 0 Å². The summed E-state index contributed by atoms with van der Waals surface area (Å²) < 4.78 is 0. The summed E-state index contributed by atoms with van der Waals surface area (Å²) in [6.07, 6.45) is 1.38. The molecule has 0 radical (unpaired) electrons. The normalized spacial score (nSPS) is 14.3. The average molecular weight is 400 g/mol. The quantitative estimate of drug-likeness (QED) is 0.693. The zero-order valence-corrected chi connectivity index (χ0v) is 16.6. The molecule has 5 heteroatoms. The summed E-state index contributed by atoms with van der Waals surface area (Å²) in [6.45, 7) is 1.18. The molecule has 0 spiro atoms. The first-order valence-electron chi connectivity index (χ1n) is 10.2. The lowest BCUT2D eigenvalue weighted by Crippen LogP contribution is -2.46. The predicted molar refractivity (Wildman–Crippen MR) is 116 cm³/mol. The Hall–Kier alpha value is -3.60. The number of amides is 2. The third-order valence-electron chi connectivity index (χ3n) is 5.51. The van der Waals surface area contributed by atoms with Crippen molar-refractivity contribution in [3.05, 3.63) is 90.0 Å². The molecule has 1 aliphatic heterocycles. The highest BCUT2D eigenvalue weighted by molar-refractivity contribution is 5.97. The number of nitrogens with one attached hydrogen (secondary N) is 1. The first kappa shape index (κ1) is 19.7. The maximum Gasteiger partial charge on any atom is 0.255 e. The second-order valence-corrected chi connectivity index (χ2v) is 7.50. The third-order valence-corrected chi connectivity index (χ3v) is 5.51. The van der Waals surface area contributed by atoms with Gasteiger partial charge < -0.3 is 15.3 Å². The standard InChI is InChI=1S/C25H24N2O3/c28-23-9-5-4-8-22(23)24(29)26-21-14-16-27(17-15-21)25(30)20-12-10-19(11-13-20)18-6-2-1-3-7-18/h1-13,21,28H,14-17H2,(H,26,29). The molecule has 0 unspecified atom stereocenters. The molecular weight excluding hydrogens is 376 g/mol. The molecule has 0 saturated carbocycles. The molecule has 1 saturated heterocycles. The van der Waals surface area contributed by atoms with Crippen LogP contribution in [0.2, 0.25) is 0 Å². The molecule has 2 N–H and O–H groups in total. The van der Waals surface area contributed by atoms with Crippen molar-refractivity contribution in [2.75, 3.05) is 13.1 Å². The zero-order valence-electron chi connectivity index (χ0n) is 16.6. The molecule has 1 heterocycles. The summed E-state index contributed by atoms with van der Waals surface area (Å²) in [4.78, 5) is 27.0. The molecule has 30 heavy (non-hydrogen) atoms. The minimum absolute atomic E-state index is 0.0124. The lowest BCUT2D eigenvalue weighted by atomic mass is 10.0. The summed E-state index contributed by atoms with van der Waals surface area (Å²) in [6, 6.07) is 24.3. The molecule has 152 valence electrons. The number of nitrogens with zero attached hydrogens (tertiary/aromatic N) is 1. The fourth-order valence-electron chi connectivity index (χ4n) is 3.77. The Morgan fingerprint density at radius 2 is 1.40 bits per heavy atom. The average Bonchev–Trinajstić information content (AvgIpc) is 2.80. The number of phenolic OH excluding ortho intramolecular Hbond substituents is 1. The zero-order chi connectivity index (χ0) is 20.9. The van der Waals surface area contributed by atoms with Gasteiger partial charge in [0.15, 0.2) is 0 Å². The molecule has 0 atom stereocenters. The largest absolute Gasteiger partial charge is 0.507 e. The SMILES string of the molecule is O=C(NC1CCN(C(=O)c2ccc(-c3ccccc3)cc2)CC1)c1ccccc1O. The van der Waals surface area contributed by atoms with Crippen molar-refractivity contribution in [1.82, 2.24) is 10.2 Å². The van der Waals surface area contributed by atoms with Gasteiger partial charge in [-0.3, -0.25) is 9.59 Å². The van der Waals surface area contributed by atoms with E-state index in [1.54, 1.807) is 18.2 Å². The maximum atomic E-state index is 12.8. The van der Waals surface area contributed by atoms with Crippen LogP contribution in [-0.2, 0) is 0 Å². The van der Waals surface area contributed by atoms with E-state index in [9.17, 15) is 14.7 Å². The highest BCUT2D eigenvalue weighted by Crippen LogP contribution is 2.21. The van der Waals surface area contributed by atoms with E-state index in [2.05, 4.69) is 5.32 Å². The Kier molecular flexibility index (Phi) is 5.80. The second kappa shape index (κ2) is 8.82. The third kappa shape index (κ3) is 4.35. The number of para-hydroxylation sites is 1. The number of hydrogen-bond donors (Lipinski definition) is 2. The van der Waals surface area contributed by atoms with E-state index in [4.69, 9.17) is 0 Å². The monoisotopic (exact) mass is 400 g/mol. The van der Waals surface area contributed by atoms with Crippen molar-refractivity contribution in [2.24, 2.45) is 0 Å². The van der Waals surface area contributed by atoms with E-state index in [1.165, 1.54) is 6.07 Å². The van der Waals surface area contributed by atoms with Crippen LogP contribution in [0.15, 0.2) is 78.9 Å². The number of rotatable bonds is 4. The van der Waals surface area contributed by atoms with Crippen LogP contribution in [0.1, 0.15) is 33.6 Å². The molecule has 0 aliphatic carbocycles. The number of carbonyl (C=O) groups excluding carboxylic acids is 2. The van der Waals surface area contributed by atoms with E-state index >= 15 is 0 Å². The van der Waals surface area contributed by atoms with Gasteiger partial charge in [0.2, 0.25) is 0 Å². The first-order valence-corrected chi connectivity index (χ1v) is 10.2. The molecule has 5 nitrogen and oxygen atoms in total. The number of aromatic hydroxyl groups is 1. The molecule has 3 aromatic carbocycles. The van der Waals surface area contributed by atoms with Gasteiger partial charge in [-0.1, -0.05) is 54.6 Å². The fourth-order valence-corrected chi connectivity index (χ4v) is 3.77. The van der Waals surface area contributed by atoms with Crippen molar-refractivity contribution in [3.63, 3.8) is 0 Å². The lowest BCUT2D eigenvalue weighted by Gasteiger charge is -2.32. The maximum absolute atomic E-state index is 12.8. The number of piperidine rings is 1. The number of phenols is 1. The van der Waals surface area contributed by atoms with Gasteiger partial charge in [0.05, 0.1) is 5.56 Å². The van der Waals surface area contributed by atoms with Crippen LogP contribution < -0.4 is 5.32 Å². The number of hydrogen-bond acceptors (Lipinski definition) is 3. The molecule has 0 aromatic heterocycles. The van der Waals surface area contributed by atoms with Gasteiger partial charge in [-0.25, -0.2) is 0 Å². The van der Waals surface area contributed by atoms with Crippen molar-refractivity contribution in [2.45, 2.75) is 18.9 Å². The van der Waals surface area contributed by atoms with Crippen LogP contribution in [0, 0.1) is 0 Å². The number of benzene rings is 3. The smallest absolute Gasteiger partial charge is 0.255 e. The molecule has 1 aliphatic rings. The van der Waals surface area contributed by atoms with Gasteiger partial charge in [-0.15, -0.1) is 0 Å². The molecule has 3 aromatic rings. The van der Waals surface area contributed by atoms with Crippen LogP contribution in [0.25, 0.3) is 11.1 Å². The van der Waals surface area contributed by atoms with E-state index in [0.717, 1.165) is 11.1 Å². The minimum atomic E-state index is -0.283. The van der Waals surface area contributed by atoms with Crippen LogP contribution in [-0.4, -0.2) is 41.0 Å². The summed E-state index contributed by atoms with van der Waals surface area (Å²) in [5, 5.41) is 12.8. The van der Waals surface area contributed by atoms with E-state index < -0.39 is 0 Å². The van der Waals surface area contributed by atoms with Crippen molar-refractivity contribution in [1.29, 1.82) is 0 Å². The van der Waals surface area contributed by atoms with E-state index in [-0.39, 0.29) is 29.2 Å². The lowest BCUT2D eigenvalue weighted by molar-refractivity contribution is 0.0698. The number of carbonyl (C=O) groups is 2. The first-order chi connectivity index (χ1) is 14.6. The van der Waals surface area contributed by atoms with Crippen LogP contribution in [0.5, 0.6) is 5.75 Å². The van der Waals surface area contributed by atoms with Gasteiger partial charge in [0.25, 0.3) is 11.8 Å². The van der Waals surface area contributed by atoms with Crippen molar-refractivity contribution >= 4 is 11.8 Å². The van der Waals surface area contributed by atoms with Crippen molar-refractivity contribution < 1.29 is 14.7 Å². The summed E-state index contributed by atoms with van der Waals surface area (Å²) in [5.74, 6) is -0.295. The van der Waals surface area contributed by atoms with E-state index in [0.29, 0.717) is 31.5 Å². The van der Waals surface area contributed by atoms with E-state index in [1.807, 2.05) is 59.5 Å². The Balaban J connectivity index is 1.33. The molecular formula is C25H24N2O3. The Morgan fingerprint density at radius 1 is 0.800 bits per heavy atom. The Morgan fingerprint density at radius 3 is 2.07 bits per heavy atom. The molecule has 0 bridgehead atoms. The van der Waals surface area contributed by atoms with Gasteiger partial charge in [0.1, 0.15) is 5.75 Å². The Bertz CT molecular complexity index is 1020. The van der Waals surface area contributed by atoms with Crippen molar-refractivity contribution in [3.8, 4) is 16.9 Å². The molecule has 2 amide bonds. The molecule has 4 rings (SSSR count). The van der Waals surface area contributed by atoms with Crippen LogP contribution in [0.3, 0.4) is 0 Å². The van der Waals surface area contributed by atoms with Crippen LogP contribution >= 0.6 is 0 Å². The summed E-state index contributed by atoms with van der Waals surface area (Å²) in [7, 11) is 0. The molecule has 1 fully saturated rings. The summed E-state index contributed by atoms with van der Waals surface area (Å²) >= 11 is 0. The number of likely N-dealkylation sites (tertiary alicyclic amines) is 1. The summed E-state index contributed by atoms with van der Waals surface area (Å²) in [5.41, 5.74) is 3.15. The van der Waals surface area contributed by atoms with Crippen LogP contribution in [0.4, 0.5) is 0 Å². The fraction of sp³-hybridized carbons (Fsp3) is 0.200. The second-order valence-electron chi connectivity index (χ2n) is 7.50. The minimum Gasteiger partial charge on any atom is -0.507 e.